The molecule has 1 aliphatic carbocycles. The molecule has 4 rings (SSSR count). The highest BCUT2D eigenvalue weighted by Gasteiger charge is 2.16. The van der Waals surface area contributed by atoms with Gasteiger partial charge in [-0.2, -0.15) is 0 Å². The first-order chi connectivity index (χ1) is 12.1. The number of furan rings is 1. The summed E-state index contributed by atoms with van der Waals surface area (Å²) in [7, 11) is 0. The van der Waals surface area contributed by atoms with E-state index >= 15 is 0 Å². The molecule has 0 unspecified atom stereocenters. The van der Waals surface area contributed by atoms with Gasteiger partial charge in [-0.25, -0.2) is 9.97 Å². The molecule has 2 N–H and O–H groups in total. The molecule has 0 saturated carbocycles. The molecule has 3 aromatic rings. The van der Waals surface area contributed by atoms with Crippen LogP contribution in [0.5, 0.6) is 0 Å². The summed E-state index contributed by atoms with van der Waals surface area (Å²) in [6.07, 6.45) is 5.32. The number of benzene rings is 1. The number of hydrogen-bond acceptors (Lipinski definition) is 5. The van der Waals surface area contributed by atoms with Crippen LogP contribution in [0.25, 0.3) is 11.0 Å². The van der Waals surface area contributed by atoms with Crippen LogP contribution in [0.3, 0.4) is 0 Å². The quantitative estimate of drug-likeness (QED) is 0.716. The number of hydrazine groups is 1. The molecule has 1 aromatic carbocycles. The van der Waals surface area contributed by atoms with E-state index in [-0.39, 0.29) is 12.3 Å². The second-order valence-corrected chi connectivity index (χ2v) is 6.56. The molecule has 6 nitrogen and oxygen atoms in total. The molecule has 2 aromatic heterocycles. The first-order valence-electron chi connectivity index (χ1n) is 8.47. The number of aryl methyl sites for hydroxylation is 4. The lowest BCUT2D eigenvalue weighted by atomic mass is 10.0. The average molecular weight is 336 g/mol. The molecule has 2 heterocycles. The standard InChI is InChI=1S/C19H20N4O2/c1-11-6-12(2)21-19(20-11)23-22-18(24)9-15-10-25-17-8-14-5-3-4-13(14)7-16(15)17/h6-8,10H,3-5,9H2,1-2H3,(H,22,24)(H,20,21,23). The molecule has 6 heteroatoms. The maximum Gasteiger partial charge on any atom is 0.242 e. The summed E-state index contributed by atoms with van der Waals surface area (Å²) in [5.74, 6) is 0.228. The van der Waals surface area contributed by atoms with Gasteiger partial charge in [-0.05, 0) is 62.4 Å². The van der Waals surface area contributed by atoms with E-state index in [4.69, 9.17) is 4.42 Å². The number of fused-ring (bicyclic) bond motifs is 2. The number of aromatic nitrogens is 2. The lowest BCUT2D eigenvalue weighted by molar-refractivity contribution is -0.119. The van der Waals surface area contributed by atoms with Gasteiger partial charge in [-0.15, -0.1) is 0 Å². The lowest BCUT2D eigenvalue weighted by Crippen LogP contribution is -2.31. The predicted octanol–water partition coefficient (Wildman–Crippen LogP) is 3.01. The Hall–Kier alpha value is -2.89. The summed E-state index contributed by atoms with van der Waals surface area (Å²) in [5, 5.41) is 1.03. The Morgan fingerprint density at radius 3 is 2.60 bits per heavy atom. The van der Waals surface area contributed by atoms with Crippen molar-refractivity contribution in [3.8, 4) is 0 Å². The van der Waals surface area contributed by atoms with Gasteiger partial charge in [0, 0.05) is 22.3 Å². The minimum Gasteiger partial charge on any atom is -0.464 e. The van der Waals surface area contributed by atoms with E-state index in [1.165, 1.54) is 17.5 Å². The number of nitrogens with one attached hydrogen (secondary N) is 2. The Labute approximate surface area is 145 Å². The number of nitrogens with zero attached hydrogens (tertiary/aromatic N) is 2. The Bertz CT molecular complexity index is 941. The van der Waals surface area contributed by atoms with E-state index in [1.807, 2.05) is 19.9 Å². The molecule has 0 aliphatic heterocycles. The smallest absolute Gasteiger partial charge is 0.242 e. The van der Waals surface area contributed by atoms with E-state index in [0.717, 1.165) is 40.8 Å². The van der Waals surface area contributed by atoms with E-state index < -0.39 is 0 Å². The van der Waals surface area contributed by atoms with Crippen molar-refractivity contribution in [3.63, 3.8) is 0 Å². The van der Waals surface area contributed by atoms with Crippen LogP contribution < -0.4 is 10.9 Å². The van der Waals surface area contributed by atoms with E-state index in [1.54, 1.807) is 6.26 Å². The zero-order valence-electron chi connectivity index (χ0n) is 14.3. The van der Waals surface area contributed by atoms with E-state index in [2.05, 4.69) is 33.0 Å². The molecule has 0 fully saturated rings. The van der Waals surface area contributed by atoms with Crippen LogP contribution in [0.2, 0.25) is 0 Å². The van der Waals surface area contributed by atoms with Crippen LogP contribution in [-0.4, -0.2) is 15.9 Å². The molecule has 0 saturated heterocycles. The van der Waals surface area contributed by atoms with Gasteiger partial charge >= 0.3 is 0 Å². The van der Waals surface area contributed by atoms with Gasteiger partial charge in [0.2, 0.25) is 11.9 Å². The second-order valence-electron chi connectivity index (χ2n) is 6.56. The zero-order chi connectivity index (χ0) is 17.4. The Morgan fingerprint density at radius 2 is 1.84 bits per heavy atom. The largest absolute Gasteiger partial charge is 0.464 e. The summed E-state index contributed by atoms with van der Waals surface area (Å²) in [4.78, 5) is 20.7. The minimum absolute atomic E-state index is 0.161. The molecule has 128 valence electrons. The van der Waals surface area contributed by atoms with Crippen molar-refractivity contribution in [1.82, 2.24) is 15.4 Å². The van der Waals surface area contributed by atoms with Crippen molar-refractivity contribution >= 4 is 22.8 Å². The van der Waals surface area contributed by atoms with Crippen molar-refractivity contribution in [3.05, 3.63) is 52.5 Å². The number of hydrogen-bond donors (Lipinski definition) is 2. The molecule has 0 radical (unpaired) electrons. The van der Waals surface area contributed by atoms with Gasteiger partial charge in [-0.1, -0.05) is 0 Å². The third-order valence-electron chi connectivity index (χ3n) is 4.52. The maximum absolute atomic E-state index is 12.3. The van der Waals surface area contributed by atoms with Gasteiger partial charge in [-0.3, -0.25) is 15.6 Å². The van der Waals surface area contributed by atoms with Crippen molar-refractivity contribution in [2.24, 2.45) is 0 Å². The zero-order valence-corrected chi connectivity index (χ0v) is 14.3. The molecule has 0 spiro atoms. The second kappa shape index (κ2) is 6.20. The third kappa shape index (κ3) is 3.20. The Balaban J connectivity index is 1.46. The fourth-order valence-corrected chi connectivity index (χ4v) is 3.41. The monoisotopic (exact) mass is 336 g/mol. The van der Waals surface area contributed by atoms with Crippen LogP contribution in [0.4, 0.5) is 5.95 Å². The van der Waals surface area contributed by atoms with Gasteiger partial charge in [0.25, 0.3) is 0 Å². The summed E-state index contributed by atoms with van der Waals surface area (Å²) >= 11 is 0. The van der Waals surface area contributed by atoms with Gasteiger partial charge in [0.1, 0.15) is 5.58 Å². The van der Waals surface area contributed by atoms with Gasteiger partial charge in [0.05, 0.1) is 12.7 Å². The number of carbonyl (C=O) groups excluding carboxylic acids is 1. The fourth-order valence-electron chi connectivity index (χ4n) is 3.41. The SMILES string of the molecule is Cc1cc(C)nc(NNC(=O)Cc2coc3cc4c(cc23)CCC4)n1. The van der Waals surface area contributed by atoms with Crippen molar-refractivity contribution in [2.75, 3.05) is 5.43 Å². The molecule has 1 aliphatic rings. The fraction of sp³-hybridized carbons (Fsp3) is 0.316. The normalized spacial score (nSPS) is 13.0. The first kappa shape index (κ1) is 15.6. The van der Waals surface area contributed by atoms with E-state index in [0.29, 0.717) is 5.95 Å². The minimum atomic E-state index is -0.161. The van der Waals surface area contributed by atoms with Crippen LogP contribution in [0.15, 0.2) is 28.9 Å². The molecular weight excluding hydrogens is 316 g/mol. The van der Waals surface area contributed by atoms with Crippen LogP contribution in [-0.2, 0) is 24.1 Å². The molecule has 1 amide bonds. The predicted molar refractivity (Wildman–Crippen MR) is 95.2 cm³/mol. The third-order valence-corrected chi connectivity index (χ3v) is 4.52. The maximum atomic E-state index is 12.3. The van der Waals surface area contributed by atoms with Crippen molar-refractivity contribution in [1.29, 1.82) is 0 Å². The number of rotatable bonds is 4. The van der Waals surface area contributed by atoms with Crippen molar-refractivity contribution in [2.45, 2.75) is 39.5 Å². The molecule has 25 heavy (non-hydrogen) atoms. The summed E-state index contributed by atoms with van der Waals surface area (Å²) in [5.41, 5.74) is 11.6. The summed E-state index contributed by atoms with van der Waals surface area (Å²) in [6.45, 7) is 3.77. The van der Waals surface area contributed by atoms with E-state index in [9.17, 15) is 4.79 Å². The highest BCUT2D eigenvalue weighted by molar-refractivity contribution is 5.89. The lowest BCUT2D eigenvalue weighted by Gasteiger charge is -2.08. The summed E-state index contributed by atoms with van der Waals surface area (Å²) in [6, 6.07) is 6.16. The molecule has 0 bridgehead atoms. The highest BCUT2D eigenvalue weighted by atomic mass is 16.3. The Morgan fingerprint density at radius 1 is 1.12 bits per heavy atom. The van der Waals surface area contributed by atoms with Crippen LogP contribution in [0, 0.1) is 13.8 Å². The van der Waals surface area contributed by atoms with Gasteiger partial charge < -0.3 is 4.42 Å². The molecule has 0 atom stereocenters. The number of amides is 1. The van der Waals surface area contributed by atoms with Gasteiger partial charge in [0.15, 0.2) is 0 Å². The average Bonchev–Trinajstić information content (AvgIpc) is 3.17. The topological polar surface area (TPSA) is 80.0 Å². The highest BCUT2D eigenvalue weighted by Crippen LogP contribution is 2.30. The molecular formula is C19H20N4O2. The Kier molecular flexibility index (Phi) is 3.87. The first-order valence-corrected chi connectivity index (χ1v) is 8.47. The van der Waals surface area contributed by atoms with Crippen molar-refractivity contribution < 1.29 is 9.21 Å². The number of anilines is 1. The summed E-state index contributed by atoms with van der Waals surface area (Å²) < 4.78 is 5.64. The number of carbonyl (C=O) groups is 1. The van der Waals surface area contributed by atoms with Crippen LogP contribution >= 0.6 is 0 Å². The van der Waals surface area contributed by atoms with Crippen LogP contribution in [0.1, 0.15) is 34.5 Å².